The van der Waals surface area contributed by atoms with Crippen LogP contribution < -0.4 is 5.32 Å². The van der Waals surface area contributed by atoms with Gasteiger partial charge in [-0.1, -0.05) is 0 Å². The summed E-state index contributed by atoms with van der Waals surface area (Å²) in [5.74, 6) is 0.840. The lowest BCUT2D eigenvalue weighted by Crippen LogP contribution is -2.57. The molecular formula is C12H25N3O4S2. The molecule has 0 amide bonds. The summed E-state index contributed by atoms with van der Waals surface area (Å²) in [5.41, 5.74) is 0. The lowest BCUT2D eigenvalue weighted by molar-refractivity contribution is 0.353. The van der Waals surface area contributed by atoms with Crippen molar-refractivity contribution in [2.24, 2.45) is 4.99 Å². The number of guanidine groups is 1. The second-order valence-corrected chi connectivity index (χ2v) is 11.0. The summed E-state index contributed by atoms with van der Waals surface area (Å²) in [5, 5.41) is 3.09. The molecule has 1 aliphatic heterocycles. The number of aliphatic imine (C=N–C) groups is 1. The van der Waals surface area contributed by atoms with Crippen LogP contribution in [0, 0.1) is 0 Å². The van der Waals surface area contributed by atoms with Crippen molar-refractivity contribution in [3.63, 3.8) is 0 Å². The molecule has 1 saturated heterocycles. The molecule has 0 aromatic heterocycles. The Morgan fingerprint density at radius 1 is 1.38 bits per heavy atom. The Morgan fingerprint density at radius 3 is 2.48 bits per heavy atom. The summed E-state index contributed by atoms with van der Waals surface area (Å²) in [6, 6.07) is 0. The van der Waals surface area contributed by atoms with Gasteiger partial charge in [-0.15, -0.1) is 0 Å². The molecule has 0 aliphatic carbocycles. The highest BCUT2D eigenvalue weighted by molar-refractivity contribution is 7.92. The Kier molecular flexibility index (Phi) is 5.65. The van der Waals surface area contributed by atoms with Gasteiger partial charge < -0.3 is 10.2 Å². The summed E-state index contributed by atoms with van der Waals surface area (Å²) in [4.78, 5) is 6.05. The molecule has 21 heavy (non-hydrogen) atoms. The fourth-order valence-electron chi connectivity index (χ4n) is 2.19. The van der Waals surface area contributed by atoms with E-state index in [1.807, 2.05) is 4.90 Å². The summed E-state index contributed by atoms with van der Waals surface area (Å²) >= 11 is 0. The first-order valence-corrected chi connectivity index (χ1v) is 10.6. The van der Waals surface area contributed by atoms with E-state index < -0.39 is 24.4 Å². The van der Waals surface area contributed by atoms with Crippen molar-refractivity contribution < 1.29 is 16.8 Å². The summed E-state index contributed by atoms with van der Waals surface area (Å²) in [6.45, 7) is 4.69. The molecule has 1 heterocycles. The van der Waals surface area contributed by atoms with Gasteiger partial charge in [-0.05, 0) is 20.3 Å². The van der Waals surface area contributed by atoms with Gasteiger partial charge >= 0.3 is 0 Å². The molecule has 1 rings (SSSR count). The lowest BCUT2D eigenvalue weighted by Gasteiger charge is -2.39. The average molecular weight is 339 g/mol. The van der Waals surface area contributed by atoms with Crippen molar-refractivity contribution in [1.29, 1.82) is 0 Å². The third-order valence-electron chi connectivity index (χ3n) is 3.53. The van der Waals surface area contributed by atoms with Crippen molar-refractivity contribution in [2.75, 3.05) is 44.4 Å². The van der Waals surface area contributed by atoms with Crippen LogP contribution in [0.3, 0.4) is 0 Å². The quantitative estimate of drug-likeness (QED) is 0.422. The predicted octanol–water partition coefficient (Wildman–Crippen LogP) is -0.494. The van der Waals surface area contributed by atoms with Crippen molar-refractivity contribution in [3.8, 4) is 0 Å². The first-order chi connectivity index (χ1) is 9.48. The second kappa shape index (κ2) is 6.51. The average Bonchev–Trinajstić information content (AvgIpc) is 2.32. The number of nitrogens with one attached hydrogen (secondary N) is 1. The Hall–Kier alpha value is -0.830. The van der Waals surface area contributed by atoms with E-state index in [2.05, 4.69) is 10.3 Å². The maximum Gasteiger partial charge on any atom is 0.193 e. The molecule has 0 aromatic carbocycles. The minimum atomic E-state index is -3.08. The molecule has 0 aromatic rings. The maximum atomic E-state index is 12.0. The van der Waals surface area contributed by atoms with Crippen LogP contribution in [0.5, 0.6) is 0 Å². The zero-order chi connectivity index (χ0) is 16.3. The smallest absolute Gasteiger partial charge is 0.193 e. The maximum absolute atomic E-state index is 12.0. The van der Waals surface area contributed by atoms with Crippen LogP contribution in [0.15, 0.2) is 4.99 Å². The third-order valence-corrected chi connectivity index (χ3v) is 7.09. The number of hydrogen-bond donors (Lipinski definition) is 1. The van der Waals surface area contributed by atoms with Gasteiger partial charge in [0.05, 0.1) is 16.3 Å². The standard InChI is InChI=1S/C12H25N3O4S2/c1-12(2)10-15(7-9-21(12,18)19)11(13-3)14-6-5-8-20(4,16)17/h5-10H2,1-4H3,(H,13,14). The molecule has 0 bridgehead atoms. The van der Waals surface area contributed by atoms with Gasteiger partial charge in [-0.25, -0.2) is 16.8 Å². The predicted molar refractivity (Wildman–Crippen MR) is 85.1 cm³/mol. The van der Waals surface area contributed by atoms with E-state index in [1.165, 1.54) is 6.26 Å². The highest BCUT2D eigenvalue weighted by atomic mass is 32.2. The van der Waals surface area contributed by atoms with Gasteiger partial charge in [0.2, 0.25) is 0 Å². The summed E-state index contributed by atoms with van der Waals surface area (Å²) in [7, 11) is -4.41. The van der Waals surface area contributed by atoms with Crippen molar-refractivity contribution in [2.45, 2.75) is 25.0 Å². The number of rotatable bonds is 4. The van der Waals surface area contributed by atoms with Crippen LogP contribution in [0.25, 0.3) is 0 Å². The molecule has 0 radical (unpaired) electrons. The molecule has 1 fully saturated rings. The zero-order valence-electron chi connectivity index (χ0n) is 13.1. The monoisotopic (exact) mass is 339 g/mol. The summed E-state index contributed by atoms with van der Waals surface area (Å²) in [6.07, 6.45) is 1.70. The number of sulfone groups is 2. The van der Waals surface area contributed by atoms with E-state index in [0.29, 0.717) is 32.0 Å². The second-order valence-electron chi connectivity index (χ2n) is 5.96. The molecule has 0 atom stereocenters. The van der Waals surface area contributed by atoms with Gasteiger partial charge in [0.25, 0.3) is 0 Å². The minimum Gasteiger partial charge on any atom is -0.356 e. The van der Waals surface area contributed by atoms with E-state index in [0.717, 1.165) is 0 Å². The number of nitrogens with zero attached hydrogens (tertiary/aromatic N) is 2. The van der Waals surface area contributed by atoms with Crippen LogP contribution in [-0.2, 0) is 19.7 Å². The Morgan fingerprint density at radius 2 is 2.00 bits per heavy atom. The molecule has 124 valence electrons. The lowest BCUT2D eigenvalue weighted by atomic mass is 10.2. The molecule has 7 nitrogen and oxygen atoms in total. The molecule has 1 N–H and O–H groups in total. The number of hydrogen-bond acceptors (Lipinski definition) is 5. The molecule has 1 aliphatic rings. The largest absolute Gasteiger partial charge is 0.356 e. The Balaban J connectivity index is 2.59. The van der Waals surface area contributed by atoms with Crippen LogP contribution in [-0.4, -0.2) is 76.9 Å². The van der Waals surface area contributed by atoms with Crippen LogP contribution in [0.4, 0.5) is 0 Å². The van der Waals surface area contributed by atoms with E-state index >= 15 is 0 Å². The fraction of sp³-hybridized carbons (Fsp3) is 0.917. The van der Waals surface area contributed by atoms with Crippen LogP contribution >= 0.6 is 0 Å². The molecule has 0 unspecified atom stereocenters. The first-order valence-electron chi connectivity index (χ1n) is 6.84. The van der Waals surface area contributed by atoms with Crippen molar-refractivity contribution in [3.05, 3.63) is 0 Å². The van der Waals surface area contributed by atoms with Gasteiger partial charge in [0.15, 0.2) is 15.8 Å². The normalized spacial score (nSPS) is 22.1. The minimum absolute atomic E-state index is 0.101. The van der Waals surface area contributed by atoms with E-state index in [9.17, 15) is 16.8 Å². The highest BCUT2D eigenvalue weighted by Crippen LogP contribution is 2.23. The molecule has 9 heteroatoms. The SMILES string of the molecule is CN=C(NCCCS(C)(=O)=O)N1CCS(=O)(=O)C(C)(C)C1. The van der Waals surface area contributed by atoms with E-state index in [-0.39, 0.29) is 11.5 Å². The fourth-order valence-corrected chi connectivity index (χ4v) is 4.23. The Bertz CT molecular complexity index is 594. The molecule has 0 saturated carbocycles. The van der Waals surface area contributed by atoms with Crippen molar-refractivity contribution in [1.82, 2.24) is 10.2 Å². The van der Waals surface area contributed by atoms with Crippen LogP contribution in [0.2, 0.25) is 0 Å². The van der Waals surface area contributed by atoms with E-state index in [4.69, 9.17) is 0 Å². The van der Waals surface area contributed by atoms with Gasteiger partial charge in [-0.3, -0.25) is 4.99 Å². The highest BCUT2D eigenvalue weighted by Gasteiger charge is 2.40. The van der Waals surface area contributed by atoms with Gasteiger partial charge in [0.1, 0.15) is 9.84 Å². The van der Waals surface area contributed by atoms with Crippen LogP contribution in [0.1, 0.15) is 20.3 Å². The van der Waals surface area contributed by atoms with Crippen molar-refractivity contribution >= 4 is 25.6 Å². The Labute approximate surface area is 127 Å². The summed E-state index contributed by atoms with van der Waals surface area (Å²) < 4.78 is 45.3. The first kappa shape index (κ1) is 18.2. The van der Waals surface area contributed by atoms with E-state index in [1.54, 1.807) is 20.9 Å². The molecular weight excluding hydrogens is 314 g/mol. The van der Waals surface area contributed by atoms with Gasteiger partial charge in [0, 0.05) is 32.9 Å². The third kappa shape index (κ3) is 5.14. The van der Waals surface area contributed by atoms with Gasteiger partial charge in [-0.2, -0.15) is 0 Å². The molecule has 0 spiro atoms. The zero-order valence-corrected chi connectivity index (χ0v) is 14.7. The topological polar surface area (TPSA) is 95.9 Å².